The summed E-state index contributed by atoms with van der Waals surface area (Å²) in [7, 11) is -4.03. The van der Waals surface area contributed by atoms with Gasteiger partial charge in [0.1, 0.15) is 5.69 Å². The maximum atomic E-state index is 12.7. The summed E-state index contributed by atoms with van der Waals surface area (Å²) >= 11 is 5.90. The molecule has 0 aliphatic rings. The third-order valence-corrected chi connectivity index (χ3v) is 5.82. The van der Waals surface area contributed by atoms with E-state index in [0.29, 0.717) is 16.3 Å². The Bertz CT molecular complexity index is 1340. The van der Waals surface area contributed by atoms with Crippen LogP contribution in [0.4, 0.5) is 18.9 Å². The summed E-state index contributed by atoms with van der Waals surface area (Å²) in [5.74, 6) is -5.46. The summed E-state index contributed by atoms with van der Waals surface area (Å²) in [6.07, 6.45) is -5.08. The van der Waals surface area contributed by atoms with Gasteiger partial charge in [0.05, 0.1) is 18.3 Å². The van der Waals surface area contributed by atoms with Crippen LogP contribution in [0.25, 0.3) is 0 Å². The quantitative estimate of drug-likeness (QED) is 0.0921. The smallest absolute Gasteiger partial charge is 0.475 e. The molecule has 0 radical (unpaired) electrons. The molecule has 0 aliphatic heterocycles. The third-order valence-electron chi connectivity index (χ3n) is 4.35. The lowest BCUT2D eigenvalue weighted by Crippen LogP contribution is -2.32. The number of nitrogens with one attached hydrogen (secondary N) is 4. The van der Waals surface area contributed by atoms with Crippen molar-refractivity contribution >= 4 is 45.1 Å². The summed E-state index contributed by atoms with van der Waals surface area (Å²) in [4.78, 5) is 41.0. The largest absolute Gasteiger partial charge is 0.490 e. The van der Waals surface area contributed by atoms with Gasteiger partial charge in [0.25, 0.3) is 5.56 Å². The van der Waals surface area contributed by atoms with Crippen LogP contribution >= 0.6 is 11.6 Å². The fraction of sp³-hybridized carbons (Fsp3) is 0.300. The lowest BCUT2D eigenvalue weighted by molar-refractivity contribution is -0.192. The van der Waals surface area contributed by atoms with Crippen molar-refractivity contribution in [3.63, 3.8) is 0 Å². The van der Waals surface area contributed by atoms with Crippen LogP contribution in [-0.4, -0.2) is 49.1 Å². The number of guanidine groups is 1. The van der Waals surface area contributed by atoms with Crippen molar-refractivity contribution in [3.8, 4) is 0 Å². The molecule has 18 heteroatoms. The fourth-order valence-corrected chi connectivity index (χ4v) is 4.31. The first-order chi connectivity index (χ1) is 17.4. The normalized spacial score (nSPS) is 12.0. The molecule has 9 N–H and O–H groups in total. The maximum Gasteiger partial charge on any atom is 0.490 e. The Balaban J connectivity index is 0.000000905. The SMILES string of the molecule is Cc1cc(C(CCONC(=N)N)C(N)=O)c(NS(=O)(=O)Cc2cccc(Cl)c2)c(=O)[nH]1.O=C(O)C(F)(F)F. The van der Waals surface area contributed by atoms with Gasteiger partial charge in [-0.1, -0.05) is 23.7 Å². The van der Waals surface area contributed by atoms with Crippen LogP contribution in [0.1, 0.15) is 29.2 Å². The molecule has 0 bridgehead atoms. The number of benzene rings is 1. The number of carbonyl (C=O) groups is 2. The Morgan fingerprint density at radius 3 is 2.37 bits per heavy atom. The number of hydrogen-bond acceptors (Lipinski definition) is 7. The van der Waals surface area contributed by atoms with Crippen LogP contribution in [0.2, 0.25) is 5.02 Å². The Hall–Kier alpha value is -3.83. The highest BCUT2D eigenvalue weighted by atomic mass is 35.5. The van der Waals surface area contributed by atoms with E-state index in [1.165, 1.54) is 12.1 Å². The summed E-state index contributed by atoms with van der Waals surface area (Å²) in [6, 6.07) is 7.75. The van der Waals surface area contributed by atoms with Gasteiger partial charge in [-0.05, 0) is 42.7 Å². The Kier molecular flexibility index (Phi) is 11.6. The van der Waals surface area contributed by atoms with Gasteiger partial charge in [0.15, 0.2) is 0 Å². The fourth-order valence-electron chi connectivity index (χ4n) is 2.89. The highest BCUT2D eigenvalue weighted by Gasteiger charge is 2.38. The second kappa shape index (κ2) is 13.6. The highest BCUT2D eigenvalue weighted by molar-refractivity contribution is 7.91. The Morgan fingerprint density at radius 2 is 1.87 bits per heavy atom. The van der Waals surface area contributed by atoms with Crippen molar-refractivity contribution in [1.82, 2.24) is 10.5 Å². The second-order valence-electron chi connectivity index (χ2n) is 7.51. The van der Waals surface area contributed by atoms with Gasteiger partial charge in [-0.25, -0.2) is 18.7 Å². The van der Waals surface area contributed by atoms with Gasteiger partial charge < -0.3 is 21.6 Å². The van der Waals surface area contributed by atoms with E-state index in [0.717, 1.165) is 0 Å². The first-order valence-electron chi connectivity index (χ1n) is 10.2. The number of hydroxylamine groups is 1. The number of halogens is 4. The van der Waals surface area contributed by atoms with Crippen LogP contribution in [0, 0.1) is 12.3 Å². The number of aliphatic carboxylic acids is 1. The molecule has 1 unspecified atom stereocenters. The highest BCUT2D eigenvalue weighted by Crippen LogP contribution is 2.27. The second-order valence-corrected chi connectivity index (χ2v) is 9.67. The molecule has 1 aromatic heterocycles. The zero-order valence-electron chi connectivity index (χ0n) is 19.6. The van der Waals surface area contributed by atoms with Crippen molar-refractivity contribution in [2.45, 2.75) is 31.2 Å². The average Bonchev–Trinajstić information content (AvgIpc) is 2.74. The number of carboxylic acids is 1. The minimum absolute atomic E-state index is 0.00152. The molecule has 1 heterocycles. The Morgan fingerprint density at radius 1 is 1.26 bits per heavy atom. The van der Waals surface area contributed by atoms with E-state index in [4.69, 9.17) is 43.2 Å². The molecule has 2 aromatic rings. The first kappa shape index (κ1) is 32.2. The van der Waals surface area contributed by atoms with Gasteiger partial charge in [-0.15, -0.1) is 0 Å². The van der Waals surface area contributed by atoms with Crippen LogP contribution in [0.3, 0.4) is 0 Å². The summed E-state index contributed by atoms with van der Waals surface area (Å²) in [5.41, 5.74) is 12.6. The molecule has 1 atom stereocenters. The van der Waals surface area contributed by atoms with E-state index in [-0.39, 0.29) is 24.3 Å². The number of hydrogen-bond donors (Lipinski definition) is 7. The molecule has 13 nitrogen and oxygen atoms in total. The Labute approximate surface area is 218 Å². The number of sulfonamides is 1. The number of carbonyl (C=O) groups excluding carboxylic acids is 1. The number of rotatable bonds is 10. The van der Waals surface area contributed by atoms with E-state index in [1.54, 1.807) is 25.1 Å². The molecule has 0 spiro atoms. The monoisotopic (exact) mass is 584 g/mol. The van der Waals surface area contributed by atoms with Crippen LogP contribution in [-0.2, 0) is 30.2 Å². The van der Waals surface area contributed by atoms with Crippen LogP contribution in [0.5, 0.6) is 0 Å². The number of primary amides is 1. The zero-order chi connectivity index (χ0) is 29.3. The lowest BCUT2D eigenvalue weighted by atomic mass is 9.94. The number of alkyl halides is 3. The summed E-state index contributed by atoms with van der Waals surface area (Å²) in [5, 5.41) is 14.5. The van der Waals surface area contributed by atoms with E-state index in [2.05, 4.69) is 15.2 Å². The van der Waals surface area contributed by atoms with E-state index >= 15 is 0 Å². The number of aromatic amines is 1. The zero-order valence-corrected chi connectivity index (χ0v) is 21.1. The predicted molar refractivity (Wildman–Crippen MR) is 131 cm³/mol. The number of anilines is 1. The number of H-pyrrole nitrogens is 1. The number of carboxylic acid groups (broad SMARTS) is 1. The van der Waals surface area contributed by atoms with Crippen LogP contribution in [0.15, 0.2) is 35.1 Å². The molecular weight excluding hydrogens is 561 g/mol. The van der Waals surface area contributed by atoms with Crippen molar-refractivity contribution in [2.75, 3.05) is 11.3 Å². The number of amides is 1. The number of nitrogens with two attached hydrogens (primary N) is 2. The molecule has 1 amide bonds. The predicted octanol–water partition coefficient (Wildman–Crippen LogP) is 1.29. The number of pyridine rings is 1. The molecule has 0 aliphatic carbocycles. The number of aryl methyl sites for hydroxylation is 1. The van der Waals surface area contributed by atoms with Gasteiger partial charge in [0, 0.05) is 10.7 Å². The minimum atomic E-state index is -5.08. The van der Waals surface area contributed by atoms with Gasteiger partial charge in [0.2, 0.25) is 21.9 Å². The molecule has 210 valence electrons. The minimum Gasteiger partial charge on any atom is -0.475 e. The van der Waals surface area contributed by atoms with Crippen molar-refractivity contribution in [1.29, 1.82) is 5.41 Å². The molecule has 0 saturated heterocycles. The van der Waals surface area contributed by atoms with Crippen molar-refractivity contribution in [2.24, 2.45) is 11.5 Å². The molecular formula is C20H24ClF3N6O7S. The maximum absolute atomic E-state index is 12.7. The molecule has 2 rings (SSSR count). The summed E-state index contributed by atoms with van der Waals surface area (Å²) < 4.78 is 59.4. The molecule has 38 heavy (non-hydrogen) atoms. The van der Waals surface area contributed by atoms with Crippen LogP contribution < -0.4 is 27.2 Å². The van der Waals surface area contributed by atoms with E-state index < -0.39 is 51.3 Å². The number of aromatic nitrogens is 1. The lowest BCUT2D eigenvalue weighted by Gasteiger charge is -2.19. The third kappa shape index (κ3) is 11.1. The van der Waals surface area contributed by atoms with E-state index in [9.17, 15) is 31.2 Å². The first-order valence-corrected chi connectivity index (χ1v) is 12.3. The van der Waals surface area contributed by atoms with Crippen molar-refractivity contribution in [3.05, 3.63) is 62.5 Å². The summed E-state index contributed by atoms with van der Waals surface area (Å²) in [6.45, 7) is 1.49. The van der Waals surface area contributed by atoms with Gasteiger partial charge in [-0.2, -0.15) is 13.2 Å². The molecule has 0 saturated carbocycles. The standard InChI is InChI=1S/C18H23ClN6O5S.C2HF3O2/c1-10-7-14(13(16(20)26)5-6-30-24-18(21)22)15(17(27)23-10)25-31(28,29)9-11-3-2-4-12(19)8-11;3-2(4,5)1(6)7/h2-4,7-8,13,25H,5-6,9H2,1H3,(H2,20,26)(H,23,27)(H4,21,22,24);(H,6,7). The average molecular weight is 585 g/mol. The van der Waals surface area contributed by atoms with Gasteiger partial charge in [-0.3, -0.25) is 24.6 Å². The topological polar surface area (TPSA) is 231 Å². The van der Waals surface area contributed by atoms with E-state index in [1.807, 2.05) is 0 Å². The molecule has 0 fully saturated rings. The van der Waals surface area contributed by atoms with Gasteiger partial charge >= 0.3 is 12.1 Å². The van der Waals surface area contributed by atoms with Crippen molar-refractivity contribution < 1.29 is 41.1 Å². The molecule has 1 aromatic carbocycles.